The van der Waals surface area contributed by atoms with Crippen LogP contribution in [0.15, 0.2) is 59.5 Å². The van der Waals surface area contributed by atoms with Crippen LogP contribution in [-0.4, -0.2) is 44.1 Å². The lowest BCUT2D eigenvalue weighted by Gasteiger charge is -2.27. The summed E-state index contributed by atoms with van der Waals surface area (Å²) in [7, 11) is -3.55. The van der Waals surface area contributed by atoms with Crippen LogP contribution in [0.25, 0.3) is 0 Å². The van der Waals surface area contributed by atoms with Crippen molar-refractivity contribution in [3.05, 3.63) is 65.7 Å². The Kier molecular flexibility index (Phi) is 6.78. The lowest BCUT2D eigenvalue weighted by molar-refractivity contribution is 0.0730. The third kappa shape index (κ3) is 5.26. The van der Waals surface area contributed by atoms with Crippen molar-refractivity contribution in [2.24, 2.45) is 0 Å². The predicted molar refractivity (Wildman–Crippen MR) is 109 cm³/mol. The zero-order valence-electron chi connectivity index (χ0n) is 14.9. The summed E-state index contributed by atoms with van der Waals surface area (Å²) < 4.78 is 32.6. The minimum Gasteiger partial charge on any atom is -0.379 e. The Morgan fingerprint density at radius 2 is 1.59 bits per heavy atom. The normalized spacial score (nSPS) is 15.3. The maximum atomic E-state index is 13.0. The number of nitrogens with one attached hydrogen (secondary N) is 2. The van der Waals surface area contributed by atoms with Crippen LogP contribution in [0.1, 0.15) is 11.1 Å². The Morgan fingerprint density at radius 3 is 2.33 bits per heavy atom. The average Bonchev–Trinajstić information content (AvgIpc) is 2.72. The number of sulfonamides is 1. The summed E-state index contributed by atoms with van der Waals surface area (Å²) in [5, 5.41) is 6.72. The summed E-state index contributed by atoms with van der Waals surface area (Å²) in [6.45, 7) is 2.54. The minimum absolute atomic E-state index is 0.310. The van der Waals surface area contributed by atoms with E-state index < -0.39 is 10.0 Å². The molecule has 1 fully saturated rings. The van der Waals surface area contributed by atoms with Gasteiger partial charge in [0.1, 0.15) is 0 Å². The highest BCUT2D eigenvalue weighted by Gasteiger charge is 2.28. The van der Waals surface area contributed by atoms with Gasteiger partial charge in [0.05, 0.1) is 18.1 Å². The van der Waals surface area contributed by atoms with Gasteiger partial charge in [0.15, 0.2) is 5.11 Å². The van der Waals surface area contributed by atoms with Gasteiger partial charge in [0.25, 0.3) is 0 Å². The molecule has 2 aromatic rings. The van der Waals surface area contributed by atoms with Crippen molar-refractivity contribution in [1.82, 2.24) is 14.9 Å². The molecule has 1 saturated heterocycles. The van der Waals surface area contributed by atoms with Gasteiger partial charge in [-0.05, 0) is 29.4 Å². The van der Waals surface area contributed by atoms with Crippen molar-refractivity contribution in [1.29, 1.82) is 0 Å². The number of morpholine rings is 1. The molecule has 1 aliphatic heterocycles. The van der Waals surface area contributed by atoms with Crippen LogP contribution in [0.4, 0.5) is 0 Å². The average molecular weight is 406 g/mol. The third-order valence-corrected chi connectivity index (χ3v) is 6.58. The van der Waals surface area contributed by atoms with Gasteiger partial charge in [-0.3, -0.25) is 0 Å². The number of hydrogen-bond donors (Lipinski definition) is 2. The van der Waals surface area contributed by atoms with Gasteiger partial charge in [0, 0.05) is 26.2 Å². The van der Waals surface area contributed by atoms with Gasteiger partial charge < -0.3 is 15.4 Å². The van der Waals surface area contributed by atoms with Gasteiger partial charge in [-0.15, -0.1) is 0 Å². The van der Waals surface area contributed by atoms with E-state index in [0.717, 1.165) is 5.56 Å². The van der Waals surface area contributed by atoms with Gasteiger partial charge in [-0.25, -0.2) is 8.42 Å². The van der Waals surface area contributed by atoms with Gasteiger partial charge >= 0.3 is 0 Å². The molecule has 1 aliphatic rings. The molecule has 0 unspecified atom stereocenters. The second-order valence-corrected chi connectivity index (χ2v) is 8.46. The van der Waals surface area contributed by atoms with Crippen LogP contribution in [0.3, 0.4) is 0 Å². The van der Waals surface area contributed by atoms with Crippen molar-refractivity contribution < 1.29 is 13.2 Å². The van der Waals surface area contributed by atoms with E-state index in [1.807, 2.05) is 36.4 Å². The standard InChI is InChI=1S/C19H23N3O3S2/c23-27(24,22-10-12-25-13-11-22)18-9-5-4-8-17(18)15-21-19(26)20-14-16-6-2-1-3-7-16/h1-9H,10-15H2,(H2,20,21,26). The van der Waals surface area contributed by atoms with Crippen molar-refractivity contribution in [2.75, 3.05) is 26.3 Å². The van der Waals surface area contributed by atoms with Crippen LogP contribution in [0, 0.1) is 0 Å². The number of ether oxygens (including phenoxy) is 1. The second kappa shape index (κ2) is 9.27. The first kappa shape index (κ1) is 19.8. The van der Waals surface area contributed by atoms with Crippen molar-refractivity contribution in [3.8, 4) is 0 Å². The van der Waals surface area contributed by atoms with Crippen LogP contribution >= 0.6 is 12.2 Å². The van der Waals surface area contributed by atoms with Crippen molar-refractivity contribution in [2.45, 2.75) is 18.0 Å². The van der Waals surface area contributed by atoms with Crippen LogP contribution < -0.4 is 10.6 Å². The summed E-state index contributed by atoms with van der Waals surface area (Å²) in [5.41, 5.74) is 1.81. The van der Waals surface area contributed by atoms with Crippen molar-refractivity contribution >= 4 is 27.4 Å². The highest BCUT2D eigenvalue weighted by Crippen LogP contribution is 2.21. The molecule has 144 valence electrons. The molecule has 0 aromatic heterocycles. The first-order valence-corrected chi connectivity index (χ1v) is 10.6. The molecule has 0 amide bonds. The fourth-order valence-corrected chi connectivity index (χ4v) is 4.62. The van der Waals surface area contributed by atoms with Gasteiger partial charge in [0.2, 0.25) is 10.0 Å². The molecule has 27 heavy (non-hydrogen) atoms. The topological polar surface area (TPSA) is 70.7 Å². The maximum absolute atomic E-state index is 13.0. The molecule has 6 nitrogen and oxygen atoms in total. The molecule has 0 spiro atoms. The predicted octanol–water partition coefficient (Wildman–Crippen LogP) is 1.87. The molecular formula is C19H23N3O3S2. The van der Waals surface area contributed by atoms with E-state index in [4.69, 9.17) is 17.0 Å². The summed E-state index contributed by atoms with van der Waals surface area (Å²) in [4.78, 5) is 0.310. The third-order valence-electron chi connectivity index (χ3n) is 4.30. The minimum atomic E-state index is -3.55. The van der Waals surface area contributed by atoms with Gasteiger partial charge in [-0.2, -0.15) is 4.31 Å². The molecule has 0 atom stereocenters. The zero-order chi connectivity index (χ0) is 19.1. The number of rotatable bonds is 6. The molecule has 0 aliphatic carbocycles. The first-order valence-electron chi connectivity index (χ1n) is 8.79. The lowest BCUT2D eigenvalue weighted by atomic mass is 10.2. The molecule has 0 bridgehead atoms. The SMILES string of the molecule is O=S(=O)(c1ccccc1CNC(=S)NCc1ccccc1)N1CCOCC1. The van der Waals surface area contributed by atoms with Gasteiger partial charge in [-0.1, -0.05) is 48.5 Å². The van der Waals surface area contributed by atoms with Crippen LogP contribution in [-0.2, 0) is 27.8 Å². The molecule has 0 saturated carbocycles. The van der Waals surface area contributed by atoms with E-state index in [-0.39, 0.29) is 0 Å². The molecule has 2 N–H and O–H groups in total. The summed E-state index contributed by atoms with van der Waals surface area (Å²) in [6, 6.07) is 17.0. The van der Waals surface area contributed by atoms with Crippen LogP contribution in [0.2, 0.25) is 0 Å². The van der Waals surface area contributed by atoms with E-state index in [2.05, 4.69) is 10.6 Å². The summed E-state index contributed by atoms with van der Waals surface area (Å²) in [6.07, 6.45) is 0. The number of thiocarbonyl (C=S) groups is 1. The first-order chi connectivity index (χ1) is 13.1. The number of nitrogens with zero attached hydrogens (tertiary/aromatic N) is 1. The second-order valence-electron chi connectivity index (χ2n) is 6.15. The highest BCUT2D eigenvalue weighted by atomic mass is 32.2. The van der Waals surface area contributed by atoms with E-state index in [9.17, 15) is 8.42 Å². The molecule has 2 aromatic carbocycles. The highest BCUT2D eigenvalue weighted by molar-refractivity contribution is 7.89. The maximum Gasteiger partial charge on any atom is 0.243 e. The summed E-state index contributed by atoms with van der Waals surface area (Å²) >= 11 is 5.32. The Labute approximate surface area is 165 Å². The largest absolute Gasteiger partial charge is 0.379 e. The molecular weight excluding hydrogens is 382 g/mol. The smallest absolute Gasteiger partial charge is 0.243 e. The fraction of sp³-hybridized carbons (Fsp3) is 0.316. The van der Waals surface area contributed by atoms with E-state index in [1.165, 1.54) is 4.31 Å². The molecule has 3 rings (SSSR count). The fourth-order valence-electron chi connectivity index (χ4n) is 2.84. The van der Waals surface area contributed by atoms with Crippen molar-refractivity contribution in [3.63, 3.8) is 0 Å². The monoisotopic (exact) mass is 405 g/mol. The number of hydrogen-bond acceptors (Lipinski definition) is 4. The zero-order valence-corrected chi connectivity index (χ0v) is 16.6. The molecule has 8 heteroatoms. The van der Waals surface area contributed by atoms with E-state index in [1.54, 1.807) is 18.2 Å². The summed E-state index contributed by atoms with van der Waals surface area (Å²) in [5.74, 6) is 0. The quantitative estimate of drug-likeness (QED) is 0.715. The number of benzene rings is 2. The van der Waals surface area contributed by atoms with E-state index in [0.29, 0.717) is 55.0 Å². The molecule has 1 heterocycles. The Morgan fingerprint density at radius 1 is 0.963 bits per heavy atom. The Hall–Kier alpha value is -2.00. The lowest BCUT2D eigenvalue weighted by Crippen LogP contribution is -2.41. The Balaban J connectivity index is 1.63. The van der Waals surface area contributed by atoms with Crippen LogP contribution in [0.5, 0.6) is 0 Å². The Bertz CT molecular complexity index is 867. The van der Waals surface area contributed by atoms with E-state index >= 15 is 0 Å². The molecule has 0 radical (unpaired) electrons.